The number of halogens is 1. The Morgan fingerprint density at radius 1 is 1.47 bits per heavy atom. The van der Waals surface area contributed by atoms with Crippen molar-refractivity contribution in [2.45, 2.75) is 17.4 Å². The minimum Gasteiger partial charge on any atom is -0.456 e. The summed E-state index contributed by atoms with van der Waals surface area (Å²) in [5, 5.41) is 4.92. The van der Waals surface area contributed by atoms with Gasteiger partial charge in [0.25, 0.3) is 0 Å². The predicted octanol–water partition coefficient (Wildman–Crippen LogP) is 0.419. The van der Waals surface area contributed by atoms with Crippen molar-refractivity contribution in [2.75, 3.05) is 13.2 Å². The van der Waals surface area contributed by atoms with Gasteiger partial charge in [-0.15, -0.1) is 0 Å². The summed E-state index contributed by atoms with van der Waals surface area (Å²) < 4.78 is 45.8. The van der Waals surface area contributed by atoms with Gasteiger partial charge in [0, 0.05) is 6.42 Å². The summed E-state index contributed by atoms with van der Waals surface area (Å²) in [6, 6.07) is 2.71. The number of hydrogen-bond acceptors (Lipinski definition) is 5. The van der Waals surface area contributed by atoms with Crippen molar-refractivity contribution in [1.29, 1.82) is 0 Å². The highest BCUT2D eigenvalue weighted by Crippen LogP contribution is 2.17. The van der Waals surface area contributed by atoms with E-state index in [4.69, 9.17) is 14.6 Å². The SMILES string of the molecule is NS(=O)(=O)c1ccc(F)c(C(=O)OC2CCOC2)c1. The fourth-order valence-corrected chi connectivity index (χ4v) is 2.20. The lowest BCUT2D eigenvalue weighted by Gasteiger charge is -2.11. The molecule has 2 rings (SSSR count). The largest absolute Gasteiger partial charge is 0.456 e. The standard InChI is InChI=1S/C11H12FNO5S/c12-10-2-1-8(19(13,15)16)5-9(10)11(14)18-7-3-4-17-6-7/h1-2,5,7H,3-4,6H2,(H2,13,15,16). The first-order valence-electron chi connectivity index (χ1n) is 5.49. The van der Waals surface area contributed by atoms with E-state index in [1.165, 1.54) is 0 Å². The van der Waals surface area contributed by atoms with Crippen molar-refractivity contribution >= 4 is 16.0 Å². The van der Waals surface area contributed by atoms with Gasteiger partial charge < -0.3 is 9.47 Å². The Bertz CT molecular complexity index is 595. The van der Waals surface area contributed by atoms with Crippen molar-refractivity contribution in [3.8, 4) is 0 Å². The Balaban J connectivity index is 2.25. The monoisotopic (exact) mass is 289 g/mol. The van der Waals surface area contributed by atoms with E-state index in [-0.39, 0.29) is 11.5 Å². The zero-order chi connectivity index (χ0) is 14.0. The van der Waals surface area contributed by atoms with Crippen molar-refractivity contribution in [3.63, 3.8) is 0 Å². The summed E-state index contributed by atoms with van der Waals surface area (Å²) in [6.07, 6.45) is 0.0902. The van der Waals surface area contributed by atoms with Crippen LogP contribution in [0.4, 0.5) is 4.39 Å². The van der Waals surface area contributed by atoms with Crippen LogP contribution in [0.2, 0.25) is 0 Å². The Labute approximate surface area is 109 Å². The van der Waals surface area contributed by atoms with Gasteiger partial charge in [0.2, 0.25) is 10.0 Å². The van der Waals surface area contributed by atoms with E-state index < -0.39 is 33.5 Å². The van der Waals surface area contributed by atoms with Gasteiger partial charge in [-0.05, 0) is 18.2 Å². The molecule has 1 aromatic rings. The molecule has 0 bridgehead atoms. The molecule has 0 amide bonds. The van der Waals surface area contributed by atoms with Gasteiger partial charge in [-0.25, -0.2) is 22.7 Å². The fourth-order valence-electron chi connectivity index (χ4n) is 1.66. The lowest BCUT2D eigenvalue weighted by molar-refractivity contribution is 0.0265. The maximum Gasteiger partial charge on any atom is 0.341 e. The smallest absolute Gasteiger partial charge is 0.341 e. The zero-order valence-electron chi connectivity index (χ0n) is 9.84. The van der Waals surface area contributed by atoms with Crippen LogP contribution >= 0.6 is 0 Å². The molecule has 1 heterocycles. The van der Waals surface area contributed by atoms with E-state index in [1.807, 2.05) is 0 Å². The number of sulfonamides is 1. The van der Waals surface area contributed by atoms with Crippen molar-refractivity contribution in [1.82, 2.24) is 0 Å². The molecule has 1 aromatic carbocycles. The molecule has 1 aliphatic heterocycles. The summed E-state index contributed by atoms with van der Waals surface area (Å²) in [5.41, 5.74) is -0.460. The molecule has 0 aromatic heterocycles. The summed E-state index contributed by atoms with van der Waals surface area (Å²) in [4.78, 5) is 11.4. The highest BCUT2D eigenvalue weighted by molar-refractivity contribution is 7.89. The second-order valence-electron chi connectivity index (χ2n) is 4.08. The van der Waals surface area contributed by atoms with E-state index in [0.717, 1.165) is 18.2 Å². The number of nitrogens with two attached hydrogens (primary N) is 1. The van der Waals surface area contributed by atoms with Crippen LogP contribution in [0.25, 0.3) is 0 Å². The van der Waals surface area contributed by atoms with Crippen LogP contribution in [0, 0.1) is 5.82 Å². The number of hydrogen-bond donors (Lipinski definition) is 1. The first-order valence-corrected chi connectivity index (χ1v) is 7.03. The van der Waals surface area contributed by atoms with Gasteiger partial charge in [-0.3, -0.25) is 0 Å². The van der Waals surface area contributed by atoms with Crippen LogP contribution in [-0.4, -0.2) is 33.7 Å². The Kier molecular flexibility index (Phi) is 3.83. The van der Waals surface area contributed by atoms with Crippen LogP contribution in [-0.2, 0) is 19.5 Å². The minimum absolute atomic E-state index is 0.252. The Morgan fingerprint density at radius 3 is 2.79 bits per heavy atom. The molecule has 0 saturated carbocycles. The first-order chi connectivity index (χ1) is 8.88. The minimum atomic E-state index is -4.00. The van der Waals surface area contributed by atoms with Crippen molar-refractivity contribution in [3.05, 3.63) is 29.6 Å². The van der Waals surface area contributed by atoms with Crippen molar-refractivity contribution < 1.29 is 27.1 Å². The zero-order valence-corrected chi connectivity index (χ0v) is 10.7. The molecule has 0 aliphatic carbocycles. The average molecular weight is 289 g/mol. The van der Waals surface area contributed by atoms with Gasteiger partial charge in [0.05, 0.1) is 23.7 Å². The number of rotatable bonds is 3. The lowest BCUT2D eigenvalue weighted by Crippen LogP contribution is -2.20. The number of carbonyl (C=O) groups is 1. The highest BCUT2D eigenvalue weighted by atomic mass is 32.2. The van der Waals surface area contributed by atoms with Gasteiger partial charge >= 0.3 is 5.97 Å². The van der Waals surface area contributed by atoms with E-state index in [2.05, 4.69) is 0 Å². The van der Waals surface area contributed by atoms with Crippen LogP contribution in [0.3, 0.4) is 0 Å². The van der Waals surface area contributed by atoms with E-state index in [9.17, 15) is 17.6 Å². The molecule has 19 heavy (non-hydrogen) atoms. The number of benzene rings is 1. The molecule has 1 atom stereocenters. The normalized spacial score (nSPS) is 19.4. The third kappa shape index (κ3) is 3.28. The van der Waals surface area contributed by atoms with Crippen LogP contribution in [0.15, 0.2) is 23.1 Å². The summed E-state index contributed by atoms with van der Waals surface area (Å²) in [6.45, 7) is 0.722. The fraction of sp³-hybridized carbons (Fsp3) is 0.364. The van der Waals surface area contributed by atoms with Crippen LogP contribution in [0.5, 0.6) is 0 Å². The molecule has 2 N–H and O–H groups in total. The Hall–Kier alpha value is -1.51. The number of primary sulfonamides is 1. The molecular weight excluding hydrogens is 277 g/mol. The molecule has 1 aliphatic rings. The average Bonchev–Trinajstić information content (AvgIpc) is 2.80. The molecule has 104 valence electrons. The van der Waals surface area contributed by atoms with E-state index >= 15 is 0 Å². The third-order valence-electron chi connectivity index (χ3n) is 2.65. The van der Waals surface area contributed by atoms with E-state index in [1.54, 1.807) is 0 Å². The third-order valence-corrected chi connectivity index (χ3v) is 3.56. The Morgan fingerprint density at radius 2 is 2.21 bits per heavy atom. The summed E-state index contributed by atoms with van der Waals surface area (Å²) >= 11 is 0. The van der Waals surface area contributed by atoms with Gasteiger partial charge in [-0.1, -0.05) is 0 Å². The predicted molar refractivity (Wildman–Crippen MR) is 62.4 cm³/mol. The quantitative estimate of drug-likeness (QED) is 0.813. The molecular formula is C11H12FNO5S. The van der Waals surface area contributed by atoms with Gasteiger partial charge in [0.15, 0.2) is 0 Å². The number of carbonyl (C=O) groups excluding carboxylic acids is 1. The van der Waals surface area contributed by atoms with Crippen LogP contribution in [0.1, 0.15) is 16.8 Å². The second kappa shape index (κ2) is 5.24. The molecule has 0 spiro atoms. The van der Waals surface area contributed by atoms with Crippen LogP contribution < -0.4 is 5.14 Å². The summed E-state index contributed by atoms with van der Waals surface area (Å²) in [7, 11) is -4.00. The van der Waals surface area contributed by atoms with Gasteiger partial charge in [-0.2, -0.15) is 0 Å². The van der Waals surface area contributed by atoms with Crippen molar-refractivity contribution in [2.24, 2.45) is 5.14 Å². The number of esters is 1. The van der Waals surface area contributed by atoms with Gasteiger partial charge in [0.1, 0.15) is 11.9 Å². The molecule has 1 unspecified atom stereocenters. The molecule has 1 fully saturated rings. The maximum atomic E-state index is 13.5. The molecule has 8 heteroatoms. The highest BCUT2D eigenvalue weighted by Gasteiger charge is 2.24. The second-order valence-corrected chi connectivity index (χ2v) is 5.64. The van der Waals surface area contributed by atoms with E-state index in [0.29, 0.717) is 13.0 Å². The molecule has 1 saturated heterocycles. The topological polar surface area (TPSA) is 95.7 Å². The number of ether oxygens (including phenoxy) is 2. The molecule has 6 nitrogen and oxygen atoms in total. The molecule has 0 radical (unpaired) electrons. The summed E-state index contributed by atoms with van der Waals surface area (Å²) in [5.74, 6) is -1.80. The maximum absolute atomic E-state index is 13.5. The first kappa shape index (κ1) is 13.9. The lowest BCUT2D eigenvalue weighted by atomic mass is 10.2.